The van der Waals surface area contributed by atoms with E-state index in [9.17, 15) is 9.59 Å². The zero-order valence-electron chi connectivity index (χ0n) is 9.20. The van der Waals surface area contributed by atoms with Crippen LogP contribution in [0.3, 0.4) is 0 Å². The first-order valence-corrected chi connectivity index (χ1v) is 5.65. The van der Waals surface area contributed by atoms with E-state index in [2.05, 4.69) is 21.2 Å². The lowest BCUT2D eigenvalue weighted by atomic mass is 10.2. The molecule has 92 valence electrons. The van der Waals surface area contributed by atoms with Gasteiger partial charge in [-0.25, -0.2) is 4.79 Å². The maximum atomic E-state index is 11.4. The Labute approximate surface area is 107 Å². The summed E-state index contributed by atoms with van der Waals surface area (Å²) in [5.41, 5.74) is 0.555. The second-order valence-electron chi connectivity index (χ2n) is 3.32. The molecule has 0 heterocycles. The van der Waals surface area contributed by atoms with Gasteiger partial charge in [0, 0.05) is 17.3 Å². The summed E-state index contributed by atoms with van der Waals surface area (Å²) >= 11 is 3.18. The number of ether oxygens (including phenoxy) is 1. The second kappa shape index (κ2) is 6.36. The molecule has 0 radical (unpaired) electrons. The van der Waals surface area contributed by atoms with Gasteiger partial charge in [0.1, 0.15) is 0 Å². The van der Waals surface area contributed by atoms with E-state index in [0.717, 1.165) is 0 Å². The maximum Gasteiger partial charge on any atom is 0.335 e. The molecular weight excluding hydrogens is 290 g/mol. The van der Waals surface area contributed by atoms with Gasteiger partial charge in [0.25, 0.3) is 0 Å². The molecule has 0 aliphatic rings. The van der Waals surface area contributed by atoms with Crippen molar-refractivity contribution >= 4 is 33.5 Å². The van der Waals surface area contributed by atoms with Crippen molar-refractivity contribution in [3.8, 4) is 0 Å². The number of carbonyl (C=O) groups is 2. The number of aromatic carboxylic acids is 1. The molecule has 0 aliphatic heterocycles. The fourth-order valence-corrected chi connectivity index (χ4v) is 1.70. The lowest BCUT2D eigenvalue weighted by Crippen LogP contribution is -2.14. The van der Waals surface area contributed by atoms with Gasteiger partial charge in [-0.3, -0.25) is 4.79 Å². The van der Waals surface area contributed by atoms with Crippen LogP contribution >= 0.6 is 15.9 Å². The molecule has 0 atom stereocenters. The minimum Gasteiger partial charge on any atom is -0.478 e. The molecule has 1 aromatic carbocycles. The van der Waals surface area contributed by atoms with Gasteiger partial charge in [0.2, 0.25) is 5.91 Å². The van der Waals surface area contributed by atoms with Crippen LogP contribution in [0.2, 0.25) is 0 Å². The Hall–Kier alpha value is -1.40. The predicted molar refractivity (Wildman–Crippen MR) is 66.2 cm³/mol. The third-order valence-corrected chi connectivity index (χ3v) is 2.42. The van der Waals surface area contributed by atoms with E-state index in [4.69, 9.17) is 9.84 Å². The quantitative estimate of drug-likeness (QED) is 0.873. The largest absolute Gasteiger partial charge is 0.478 e. The van der Waals surface area contributed by atoms with Crippen LogP contribution in [0.1, 0.15) is 16.8 Å². The van der Waals surface area contributed by atoms with Crippen LogP contribution in [0, 0.1) is 0 Å². The van der Waals surface area contributed by atoms with E-state index in [-0.39, 0.29) is 17.9 Å². The Morgan fingerprint density at radius 2 is 2.12 bits per heavy atom. The average Bonchev–Trinajstić information content (AvgIpc) is 2.25. The molecule has 0 aromatic heterocycles. The number of carboxylic acids is 1. The molecule has 0 unspecified atom stereocenters. The number of amides is 1. The first-order valence-electron chi connectivity index (χ1n) is 4.85. The molecule has 0 spiro atoms. The zero-order chi connectivity index (χ0) is 12.8. The van der Waals surface area contributed by atoms with Crippen LogP contribution in [-0.2, 0) is 9.53 Å². The average molecular weight is 302 g/mol. The minimum atomic E-state index is -1.04. The highest BCUT2D eigenvalue weighted by molar-refractivity contribution is 9.10. The van der Waals surface area contributed by atoms with Crippen LogP contribution in [-0.4, -0.2) is 30.7 Å². The maximum absolute atomic E-state index is 11.4. The highest BCUT2D eigenvalue weighted by Gasteiger charge is 2.08. The number of hydrogen-bond donors (Lipinski definition) is 2. The number of methoxy groups -OCH3 is 1. The Morgan fingerprint density at radius 3 is 2.71 bits per heavy atom. The summed E-state index contributed by atoms with van der Waals surface area (Å²) in [5.74, 6) is -1.26. The number of hydrogen-bond acceptors (Lipinski definition) is 3. The molecule has 1 rings (SSSR count). The minimum absolute atomic E-state index is 0.112. The van der Waals surface area contributed by atoms with E-state index in [1.807, 2.05) is 0 Å². The van der Waals surface area contributed by atoms with Crippen LogP contribution in [0.5, 0.6) is 0 Å². The van der Waals surface area contributed by atoms with Crippen molar-refractivity contribution < 1.29 is 19.4 Å². The smallest absolute Gasteiger partial charge is 0.335 e. The second-order valence-corrected chi connectivity index (χ2v) is 4.24. The molecule has 17 heavy (non-hydrogen) atoms. The van der Waals surface area contributed by atoms with E-state index in [1.54, 1.807) is 6.07 Å². The van der Waals surface area contributed by atoms with Crippen molar-refractivity contribution in [3.05, 3.63) is 28.2 Å². The third-order valence-electron chi connectivity index (χ3n) is 1.96. The highest BCUT2D eigenvalue weighted by atomic mass is 79.9. The molecule has 0 fully saturated rings. The van der Waals surface area contributed by atoms with Crippen molar-refractivity contribution in [1.82, 2.24) is 0 Å². The standard InChI is InChI=1S/C11H12BrNO4/c1-17-3-2-10(14)13-9-5-7(11(15)16)4-8(12)6-9/h4-6H,2-3H2,1H3,(H,13,14)(H,15,16). The topological polar surface area (TPSA) is 75.6 Å². The fraction of sp³-hybridized carbons (Fsp3) is 0.273. The summed E-state index contributed by atoms with van der Waals surface area (Å²) in [7, 11) is 1.51. The Balaban J connectivity index is 2.77. The molecular formula is C11H12BrNO4. The van der Waals surface area contributed by atoms with Gasteiger partial charge in [0.15, 0.2) is 0 Å². The molecule has 2 N–H and O–H groups in total. The molecule has 1 aromatic rings. The van der Waals surface area contributed by atoms with E-state index >= 15 is 0 Å². The summed E-state index contributed by atoms with van der Waals surface area (Å²) in [4.78, 5) is 22.2. The van der Waals surface area contributed by atoms with Gasteiger partial charge < -0.3 is 15.2 Å². The first kappa shape index (κ1) is 13.7. The zero-order valence-corrected chi connectivity index (χ0v) is 10.8. The fourth-order valence-electron chi connectivity index (χ4n) is 1.20. The lowest BCUT2D eigenvalue weighted by Gasteiger charge is -2.06. The van der Waals surface area contributed by atoms with Crippen molar-refractivity contribution in [1.29, 1.82) is 0 Å². The molecule has 5 nitrogen and oxygen atoms in total. The Morgan fingerprint density at radius 1 is 1.41 bits per heavy atom. The number of carboxylic acid groups (broad SMARTS) is 1. The van der Waals surface area contributed by atoms with Gasteiger partial charge in [-0.15, -0.1) is 0 Å². The molecule has 1 amide bonds. The van der Waals surface area contributed by atoms with Crippen LogP contribution in [0.25, 0.3) is 0 Å². The number of nitrogens with one attached hydrogen (secondary N) is 1. The number of halogens is 1. The van der Waals surface area contributed by atoms with Crippen LogP contribution in [0.15, 0.2) is 22.7 Å². The van der Waals surface area contributed by atoms with Crippen molar-refractivity contribution in [3.63, 3.8) is 0 Å². The Kier molecular flexibility index (Phi) is 5.11. The molecule has 0 saturated heterocycles. The molecule has 0 saturated carbocycles. The van der Waals surface area contributed by atoms with Gasteiger partial charge >= 0.3 is 5.97 Å². The van der Waals surface area contributed by atoms with Crippen molar-refractivity contribution in [2.45, 2.75) is 6.42 Å². The molecule has 0 bridgehead atoms. The van der Waals surface area contributed by atoms with E-state index in [0.29, 0.717) is 16.8 Å². The van der Waals surface area contributed by atoms with E-state index in [1.165, 1.54) is 19.2 Å². The SMILES string of the molecule is COCCC(=O)Nc1cc(Br)cc(C(=O)O)c1. The van der Waals surface area contributed by atoms with E-state index < -0.39 is 5.97 Å². The lowest BCUT2D eigenvalue weighted by molar-refractivity contribution is -0.117. The van der Waals surface area contributed by atoms with Crippen LogP contribution in [0.4, 0.5) is 5.69 Å². The Bertz CT molecular complexity index is 433. The van der Waals surface area contributed by atoms with Crippen LogP contribution < -0.4 is 5.32 Å². The number of benzene rings is 1. The van der Waals surface area contributed by atoms with Gasteiger partial charge in [0.05, 0.1) is 18.6 Å². The van der Waals surface area contributed by atoms with Crippen molar-refractivity contribution in [2.75, 3.05) is 19.0 Å². The summed E-state index contributed by atoms with van der Waals surface area (Å²) in [6.07, 6.45) is 0.228. The number of anilines is 1. The van der Waals surface area contributed by atoms with Crippen molar-refractivity contribution in [2.24, 2.45) is 0 Å². The summed E-state index contributed by atoms with van der Waals surface area (Å²) in [5, 5.41) is 11.5. The van der Waals surface area contributed by atoms with Gasteiger partial charge in [-0.2, -0.15) is 0 Å². The first-order chi connectivity index (χ1) is 8.02. The van der Waals surface area contributed by atoms with Gasteiger partial charge in [-0.05, 0) is 18.2 Å². The molecule has 6 heteroatoms. The third kappa shape index (κ3) is 4.54. The monoisotopic (exact) mass is 301 g/mol. The number of rotatable bonds is 5. The summed E-state index contributed by atoms with van der Waals surface area (Å²) in [6.45, 7) is 0.325. The summed E-state index contributed by atoms with van der Waals surface area (Å²) in [6, 6.07) is 4.50. The summed E-state index contributed by atoms with van der Waals surface area (Å²) < 4.78 is 5.37. The number of carbonyl (C=O) groups excluding carboxylic acids is 1. The van der Waals surface area contributed by atoms with Gasteiger partial charge in [-0.1, -0.05) is 15.9 Å². The predicted octanol–water partition coefficient (Wildman–Crippen LogP) is 2.12. The normalized spacial score (nSPS) is 10.0. The molecule has 0 aliphatic carbocycles. The highest BCUT2D eigenvalue weighted by Crippen LogP contribution is 2.19.